The number of hydrogen-bond donors (Lipinski definition) is 2. The first-order valence-electron chi connectivity index (χ1n) is 8.02. The van der Waals surface area contributed by atoms with E-state index in [2.05, 4.69) is 4.52 Å². The second-order valence-electron chi connectivity index (χ2n) is 6.23. The molecule has 0 atom stereocenters. The Morgan fingerprint density at radius 2 is 1.48 bits per heavy atom. The van der Waals surface area contributed by atoms with Crippen LogP contribution in [0.3, 0.4) is 0 Å². The van der Waals surface area contributed by atoms with E-state index in [4.69, 9.17) is 44.6 Å². The van der Waals surface area contributed by atoms with Gasteiger partial charge < -0.3 is 24.5 Å². The lowest BCUT2D eigenvalue weighted by atomic mass is 10.0. The van der Waals surface area contributed by atoms with Gasteiger partial charge in [-0.05, 0) is 0 Å². The maximum absolute atomic E-state index is 12.4. The number of Topliss-reactive ketones (excluding diaryl/α,β-unsaturated/α-hetero) is 1. The van der Waals surface area contributed by atoms with Crippen LogP contribution in [-0.4, -0.2) is 85.7 Å². The van der Waals surface area contributed by atoms with Crippen LogP contribution in [-0.2, 0) is 18.7 Å². The topological polar surface area (TPSA) is 110 Å². The number of phosphoric acid groups is 1. The molecule has 0 spiro atoms. The zero-order valence-corrected chi connectivity index (χ0v) is 17.1. The number of nitrogens with zero attached hydrogens (tertiary/aromatic N) is 3. The standard InChI is InChI=1S/C12H13N3O2.C2H4Cl3O4P/c16-9-7-8(13-1-2-13)12(17)11(15-5-6-15)10(9)14-3-4-14;3-1-2(4,5)9-10(6,7)8/h7H,1-6H2;1H2,(H2,6,7,8). The van der Waals surface area contributed by atoms with Crippen molar-refractivity contribution in [1.29, 1.82) is 0 Å². The van der Waals surface area contributed by atoms with Gasteiger partial charge in [0.05, 0.1) is 11.6 Å². The predicted molar refractivity (Wildman–Crippen MR) is 98.1 cm³/mol. The fourth-order valence-electron chi connectivity index (χ4n) is 2.47. The Labute approximate surface area is 170 Å². The second kappa shape index (κ2) is 7.55. The third-order valence-corrected chi connectivity index (χ3v) is 5.73. The molecular formula is C14H17Cl3N3O6P. The monoisotopic (exact) mass is 459 g/mol. The molecule has 0 bridgehead atoms. The first-order chi connectivity index (χ1) is 12.5. The van der Waals surface area contributed by atoms with Gasteiger partial charge in [0, 0.05) is 45.3 Å². The molecule has 0 aromatic rings. The molecule has 0 aromatic carbocycles. The van der Waals surface area contributed by atoms with E-state index in [-0.39, 0.29) is 11.6 Å². The number of rotatable bonds is 6. The van der Waals surface area contributed by atoms with Crippen molar-refractivity contribution in [3.8, 4) is 0 Å². The fraction of sp³-hybridized carbons (Fsp3) is 0.571. The van der Waals surface area contributed by atoms with Crippen molar-refractivity contribution in [2.24, 2.45) is 0 Å². The van der Waals surface area contributed by atoms with Gasteiger partial charge in [-0.2, -0.15) is 0 Å². The minimum atomic E-state index is -4.65. The number of carbonyl (C=O) groups is 2. The molecule has 3 saturated heterocycles. The van der Waals surface area contributed by atoms with Gasteiger partial charge in [-0.15, -0.1) is 11.6 Å². The van der Waals surface area contributed by atoms with Crippen LogP contribution in [0.2, 0.25) is 0 Å². The van der Waals surface area contributed by atoms with Crippen LogP contribution in [0.15, 0.2) is 23.2 Å². The highest BCUT2D eigenvalue weighted by Gasteiger charge is 2.43. The molecule has 3 fully saturated rings. The molecular weight excluding hydrogens is 444 g/mol. The number of carbonyl (C=O) groups excluding carboxylic acids is 2. The Kier molecular flexibility index (Phi) is 5.85. The number of ketones is 2. The van der Waals surface area contributed by atoms with E-state index >= 15 is 0 Å². The molecule has 0 unspecified atom stereocenters. The van der Waals surface area contributed by atoms with E-state index in [1.165, 1.54) is 6.08 Å². The Hall–Kier alpha value is -0.800. The van der Waals surface area contributed by atoms with Gasteiger partial charge in [0.2, 0.25) is 16.1 Å². The van der Waals surface area contributed by atoms with E-state index in [9.17, 15) is 14.2 Å². The van der Waals surface area contributed by atoms with Gasteiger partial charge in [-0.3, -0.25) is 9.59 Å². The second-order valence-corrected chi connectivity index (χ2v) is 9.08. The third kappa shape index (κ3) is 5.60. The highest BCUT2D eigenvalue weighted by Crippen LogP contribution is 2.45. The lowest BCUT2D eigenvalue weighted by molar-refractivity contribution is -0.117. The number of halogens is 3. The first kappa shape index (κ1) is 20.9. The molecule has 4 rings (SSSR count). The quantitative estimate of drug-likeness (QED) is 0.255. The molecule has 1 aliphatic carbocycles. The highest BCUT2D eigenvalue weighted by molar-refractivity contribution is 7.46. The van der Waals surface area contributed by atoms with E-state index < -0.39 is 18.2 Å². The summed E-state index contributed by atoms with van der Waals surface area (Å²) in [6, 6.07) is 0. The molecule has 0 saturated carbocycles. The summed E-state index contributed by atoms with van der Waals surface area (Å²) in [5.41, 5.74) is 1.89. The molecule has 9 nitrogen and oxygen atoms in total. The van der Waals surface area contributed by atoms with Gasteiger partial charge in [-0.1, -0.05) is 23.2 Å². The van der Waals surface area contributed by atoms with Gasteiger partial charge in [0.1, 0.15) is 11.4 Å². The van der Waals surface area contributed by atoms with Gasteiger partial charge in [0.25, 0.3) is 0 Å². The first-order valence-corrected chi connectivity index (χ1v) is 10.8. The van der Waals surface area contributed by atoms with Gasteiger partial charge in [-0.25, -0.2) is 9.09 Å². The number of hydrogen-bond acceptors (Lipinski definition) is 7. The summed E-state index contributed by atoms with van der Waals surface area (Å²) in [7, 11) is -4.65. The number of allylic oxidation sites excluding steroid dienone is 1. The Balaban J connectivity index is 0.000000183. The van der Waals surface area contributed by atoms with Crippen LogP contribution in [0, 0.1) is 0 Å². The van der Waals surface area contributed by atoms with E-state index in [0.717, 1.165) is 39.3 Å². The summed E-state index contributed by atoms with van der Waals surface area (Å²) >= 11 is 15.3. The molecule has 150 valence electrons. The zero-order chi connectivity index (χ0) is 20.0. The molecule has 4 aliphatic rings. The third-order valence-electron chi connectivity index (χ3n) is 3.90. The summed E-state index contributed by atoms with van der Waals surface area (Å²) in [4.78, 5) is 46.8. The molecule has 3 aliphatic heterocycles. The average Bonchev–Trinajstić information content (AvgIpc) is 3.39. The SMILES string of the molecule is O=C1C=C(N2CC2)C(=O)C(N2CC2)=C1N1CC1.O=P(O)(O)OC(Cl)(Cl)CCl. The molecule has 0 aromatic heterocycles. The van der Waals surface area contributed by atoms with Crippen LogP contribution >= 0.6 is 42.6 Å². The summed E-state index contributed by atoms with van der Waals surface area (Å²) in [5.74, 6) is -0.381. The van der Waals surface area contributed by atoms with Crippen molar-refractivity contribution >= 4 is 54.2 Å². The van der Waals surface area contributed by atoms with Crippen molar-refractivity contribution < 1.29 is 28.5 Å². The normalized spacial score (nSPS) is 21.8. The highest BCUT2D eigenvalue weighted by atomic mass is 35.5. The van der Waals surface area contributed by atoms with Crippen molar-refractivity contribution in [2.45, 2.75) is 4.52 Å². The zero-order valence-electron chi connectivity index (χ0n) is 14.0. The molecule has 27 heavy (non-hydrogen) atoms. The van der Waals surface area contributed by atoms with E-state index in [1.54, 1.807) is 0 Å². The fourth-order valence-corrected chi connectivity index (χ4v) is 3.56. The van der Waals surface area contributed by atoms with Crippen molar-refractivity contribution in [2.75, 3.05) is 45.1 Å². The summed E-state index contributed by atoms with van der Waals surface area (Å²) < 4.78 is 11.9. The summed E-state index contributed by atoms with van der Waals surface area (Å²) in [5, 5.41) is 0. The lowest BCUT2D eigenvalue weighted by Gasteiger charge is -2.21. The average molecular weight is 461 g/mol. The Morgan fingerprint density at radius 1 is 1.00 bits per heavy atom. The van der Waals surface area contributed by atoms with Crippen molar-refractivity contribution in [3.05, 3.63) is 23.2 Å². The molecule has 2 N–H and O–H groups in total. The molecule has 0 radical (unpaired) electrons. The van der Waals surface area contributed by atoms with Crippen LogP contribution in [0.1, 0.15) is 0 Å². The van der Waals surface area contributed by atoms with E-state index in [0.29, 0.717) is 17.1 Å². The van der Waals surface area contributed by atoms with Gasteiger partial charge >= 0.3 is 7.82 Å². The summed E-state index contributed by atoms with van der Waals surface area (Å²) in [6.45, 7) is 5.41. The summed E-state index contributed by atoms with van der Waals surface area (Å²) in [6.07, 6.45) is 1.52. The van der Waals surface area contributed by atoms with Gasteiger partial charge in [0.15, 0.2) is 0 Å². The Morgan fingerprint density at radius 3 is 1.85 bits per heavy atom. The van der Waals surface area contributed by atoms with E-state index in [1.807, 2.05) is 14.7 Å². The minimum Gasteiger partial charge on any atom is -0.365 e. The number of alkyl halides is 3. The minimum absolute atomic E-state index is 0.00546. The van der Waals surface area contributed by atoms with Crippen LogP contribution in [0.25, 0.3) is 0 Å². The molecule has 3 heterocycles. The smallest absolute Gasteiger partial charge is 0.365 e. The van der Waals surface area contributed by atoms with Crippen molar-refractivity contribution in [1.82, 2.24) is 14.7 Å². The van der Waals surface area contributed by atoms with Crippen molar-refractivity contribution in [3.63, 3.8) is 0 Å². The lowest BCUT2D eigenvalue weighted by Crippen LogP contribution is -2.29. The largest absolute Gasteiger partial charge is 0.472 e. The maximum Gasteiger partial charge on any atom is 0.472 e. The maximum atomic E-state index is 12.4. The van der Waals surface area contributed by atoms with Crippen LogP contribution in [0.5, 0.6) is 0 Å². The predicted octanol–water partition coefficient (Wildman–Crippen LogP) is 0.646. The number of phosphoric ester groups is 1. The molecule has 0 amide bonds. The van der Waals surface area contributed by atoms with Crippen LogP contribution in [0.4, 0.5) is 0 Å². The Bertz CT molecular complexity index is 768. The van der Waals surface area contributed by atoms with Crippen LogP contribution < -0.4 is 0 Å². The molecule has 13 heteroatoms.